The largest absolute Gasteiger partial charge is 0.456 e. The number of rotatable bonds is 13. The Morgan fingerprint density at radius 1 is 0.865 bits per heavy atom. The topological polar surface area (TPSA) is 144 Å². The number of thioether (sulfide) groups is 1. The van der Waals surface area contributed by atoms with Crippen LogP contribution >= 0.6 is 22.1 Å². The molecule has 13 heteroatoms. The maximum absolute atomic E-state index is 12.3. The first-order valence-electron chi connectivity index (χ1n) is 11.4. The molecule has 1 heterocycles. The summed E-state index contributed by atoms with van der Waals surface area (Å²) in [6.45, 7) is 13.7. The zero-order valence-electron chi connectivity index (χ0n) is 22.1. The van der Waals surface area contributed by atoms with Crippen LogP contribution in [0, 0.1) is 0 Å². The van der Waals surface area contributed by atoms with E-state index in [9.17, 15) is 24.0 Å². The predicted octanol–water partition coefficient (Wildman–Crippen LogP) is 2.03. The SMILES string of the molecule is C=CCS(CC=C)(C[C@H](NC(C)=O)[C@H]1O[C@H](SC)[C@H](OC(C)=O)[C@@H](OC(C)=O)[C@H]1OC(C)=O)OC(C)=O. The van der Waals surface area contributed by atoms with Crippen LogP contribution in [0.4, 0.5) is 0 Å². The van der Waals surface area contributed by atoms with Gasteiger partial charge in [-0.25, -0.2) is 0 Å². The van der Waals surface area contributed by atoms with Gasteiger partial charge in [0.05, 0.1) is 6.04 Å². The molecule has 210 valence electrons. The average molecular weight is 564 g/mol. The van der Waals surface area contributed by atoms with Crippen LogP contribution in [0.15, 0.2) is 25.3 Å². The van der Waals surface area contributed by atoms with E-state index in [4.69, 9.17) is 23.1 Å². The van der Waals surface area contributed by atoms with Gasteiger partial charge < -0.3 is 28.4 Å². The van der Waals surface area contributed by atoms with E-state index in [1.165, 1.54) is 46.4 Å². The third-order valence-electron chi connectivity index (χ3n) is 5.08. The number of ether oxygens (including phenoxy) is 4. The maximum atomic E-state index is 12.3. The van der Waals surface area contributed by atoms with Crippen molar-refractivity contribution in [2.75, 3.05) is 23.5 Å². The molecule has 37 heavy (non-hydrogen) atoms. The Kier molecular flexibility index (Phi) is 13.2. The second-order valence-corrected chi connectivity index (χ2v) is 12.4. The van der Waals surface area contributed by atoms with Gasteiger partial charge in [0.15, 0.2) is 18.3 Å². The van der Waals surface area contributed by atoms with Gasteiger partial charge in [-0.3, -0.25) is 24.0 Å². The van der Waals surface area contributed by atoms with Crippen molar-refractivity contribution in [3.05, 3.63) is 25.3 Å². The number of carbonyl (C=O) groups is 5. The Morgan fingerprint density at radius 2 is 1.35 bits per heavy atom. The van der Waals surface area contributed by atoms with E-state index in [0.717, 1.165) is 0 Å². The van der Waals surface area contributed by atoms with Crippen molar-refractivity contribution in [3.63, 3.8) is 0 Å². The van der Waals surface area contributed by atoms with E-state index in [1.807, 2.05) is 0 Å². The first-order valence-corrected chi connectivity index (χ1v) is 14.8. The van der Waals surface area contributed by atoms with E-state index in [1.54, 1.807) is 18.4 Å². The summed E-state index contributed by atoms with van der Waals surface area (Å²) in [5, 5.41) is 2.82. The molecule has 1 N–H and O–H groups in total. The van der Waals surface area contributed by atoms with Gasteiger partial charge in [-0.2, -0.15) is 0 Å². The molecule has 1 amide bonds. The third kappa shape index (κ3) is 10.0. The fraction of sp³-hybridized carbons (Fsp3) is 0.625. The first kappa shape index (κ1) is 32.5. The molecule has 1 aliphatic heterocycles. The minimum Gasteiger partial charge on any atom is -0.456 e. The zero-order chi connectivity index (χ0) is 28.3. The van der Waals surface area contributed by atoms with Gasteiger partial charge in [0.25, 0.3) is 0 Å². The first-order chi connectivity index (χ1) is 17.3. The van der Waals surface area contributed by atoms with Crippen molar-refractivity contribution in [1.29, 1.82) is 0 Å². The number of amides is 1. The third-order valence-corrected chi connectivity index (χ3v) is 9.16. The van der Waals surface area contributed by atoms with Crippen LogP contribution in [0.5, 0.6) is 0 Å². The molecule has 1 aliphatic rings. The maximum Gasteiger partial charge on any atom is 0.313 e. The van der Waals surface area contributed by atoms with Crippen molar-refractivity contribution in [3.8, 4) is 0 Å². The van der Waals surface area contributed by atoms with E-state index >= 15 is 0 Å². The Bertz CT molecular complexity index is 870. The summed E-state index contributed by atoms with van der Waals surface area (Å²) in [6.07, 6.45) is 0.233. The smallest absolute Gasteiger partial charge is 0.313 e. The number of esters is 3. The van der Waals surface area contributed by atoms with Crippen molar-refractivity contribution in [1.82, 2.24) is 5.32 Å². The molecule has 6 atom stereocenters. The van der Waals surface area contributed by atoms with Crippen molar-refractivity contribution in [2.24, 2.45) is 0 Å². The lowest BCUT2D eigenvalue weighted by atomic mass is 9.94. The minimum atomic E-state index is -2.26. The highest BCUT2D eigenvalue weighted by Gasteiger charge is 2.54. The fourth-order valence-electron chi connectivity index (χ4n) is 4.11. The minimum absolute atomic E-state index is 0.0960. The Morgan fingerprint density at radius 3 is 1.76 bits per heavy atom. The average Bonchev–Trinajstić information content (AvgIpc) is 2.74. The molecule has 1 rings (SSSR count). The number of carbonyl (C=O) groups excluding carboxylic acids is 5. The monoisotopic (exact) mass is 563 g/mol. The van der Waals surface area contributed by atoms with Crippen LogP contribution in [-0.2, 0) is 47.1 Å². The molecule has 1 saturated heterocycles. The van der Waals surface area contributed by atoms with Crippen LogP contribution in [0.2, 0.25) is 0 Å². The van der Waals surface area contributed by atoms with E-state index in [2.05, 4.69) is 18.5 Å². The molecule has 0 saturated carbocycles. The molecule has 0 aliphatic carbocycles. The Balaban J connectivity index is 3.70. The van der Waals surface area contributed by atoms with Crippen LogP contribution in [0.3, 0.4) is 0 Å². The number of hydrogen-bond donors (Lipinski definition) is 1. The molecule has 0 spiro atoms. The van der Waals surface area contributed by atoms with Gasteiger partial charge in [-0.05, 0) is 6.26 Å². The van der Waals surface area contributed by atoms with Crippen LogP contribution in [0.25, 0.3) is 0 Å². The van der Waals surface area contributed by atoms with E-state index in [-0.39, 0.29) is 5.75 Å². The highest BCUT2D eigenvalue weighted by atomic mass is 32.3. The van der Waals surface area contributed by atoms with Gasteiger partial charge in [0.2, 0.25) is 5.91 Å². The fourth-order valence-corrected chi connectivity index (χ4v) is 7.72. The summed E-state index contributed by atoms with van der Waals surface area (Å²) in [5.74, 6) is -2.31. The zero-order valence-corrected chi connectivity index (χ0v) is 23.7. The summed E-state index contributed by atoms with van der Waals surface area (Å²) in [6, 6.07) is -0.873. The molecular weight excluding hydrogens is 526 g/mol. The highest BCUT2D eigenvalue weighted by Crippen LogP contribution is 2.51. The lowest BCUT2D eigenvalue weighted by molar-refractivity contribution is -0.234. The van der Waals surface area contributed by atoms with Crippen molar-refractivity contribution >= 4 is 51.9 Å². The lowest BCUT2D eigenvalue weighted by Crippen LogP contribution is -2.66. The molecule has 0 aromatic heterocycles. The van der Waals surface area contributed by atoms with Crippen LogP contribution in [0.1, 0.15) is 34.6 Å². The van der Waals surface area contributed by atoms with Crippen LogP contribution in [-0.4, -0.2) is 89.2 Å². The molecule has 0 radical (unpaired) electrons. The molecule has 0 unspecified atom stereocenters. The molecular formula is C24H37NO10S2. The van der Waals surface area contributed by atoms with E-state index in [0.29, 0.717) is 11.5 Å². The van der Waals surface area contributed by atoms with Gasteiger partial charge in [0, 0.05) is 51.9 Å². The molecule has 1 fully saturated rings. The Hall–Kier alpha value is -2.51. The summed E-state index contributed by atoms with van der Waals surface area (Å²) in [7, 11) is -2.26. The van der Waals surface area contributed by atoms with Crippen molar-refractivity contribution in [2.45, 2.75) is 70.5 Å². The molecule has 11 nitrogen and oxygen atoms in total. The summed E-state index contributed by atoms with van der Waals surface area (Å²) in [5.41, 5.74) is -0.849. The van der Waals surface area contributed by atoms with Gasteiger partial charge in [0.1, 0.15) is 11.5 Å². The highest BCUT2D eigenvalue weighted by molar-refractivity contribution is 8.30. The normalized spacial score (nSPS) is 24.5. The summed E-state index contributed by atoms with van der Waals surface area (Å²) in [4.78, 5) is 60.4. The molecule has 0 bridgehead atoms. The number of hydrogen-bond acceptors (Lipinski definition) is 11. The Labute approximate surface area is 223 Å². The quantitative estimate of drug-likeness (QED) is 0.200. The van der Waals surface area contributed by atoms with Crippen molar-refractivity contribution < 1.29 is 47.1 Å². The van der Waals surface area contributed by atoms with Gasteiger partial charge in [-0.15, -0.1) is 24.9 Å². The van der Waals surface area contributed by atoms with E-state index < -0.39 is 76.0 Å². The second kappa shape index (κ2) is 15.0. The summed E-state index contributed by atoms with van der Waals surface area (Å²) >= 11 is 1.18. The second-order valence-electron chi connectivity index (χ2n) is 8.35. The van der Waals surface area contributed by atoms with Crippen LogP contribution < -0.4 is 5.32 Å². The standard InChI is InChI=1S/C24H37NO10S2/c1-9-11-37(12-10-2,35-18(7)30)13-19(25-14(3)26)20-21(31-15(4)27)22(32-16(5)28)23(33-17(6)29)24(34-20)36-8/h9-10,19-24H,1-2,11-13H2,3-8H3,(H,25,26)/t19-,20+,21-,22-,23+,24+/m0/s1. The number of nitrogens with one attached hydrogen (secondary N) is 1. The van der Waals surface area contributed by atoms with Gasteiger partial charge >= 0.3 is 23.9 Å². The molecule has 0 aromatic rings. The lowest BCUT2D eigenvalue weighted by Gasteiger charge is -2.48. The predicted molar refractivity (Wildman–Crippen MR) is 141 cm³/mol. The van der Waals surface area contributed by atoms with Gasteiger partial charge in [-0.1, -0.05) is 22.5 Å². The molecule has 0 aromatic carbocycles. The summed E-state index contributed by atoms with van der Waals surface area (Å²) < 4.78 is 28.6.